The highest BCUT2D eigenvalue weighted by atomic mass is 16.1. The van der Waals surface area contributed by atoms with Gasteiger partial charge in [0.1, 0.15) is 5.82 Å². The Kier molecular flexibility index (Phi) is 3.24. The first-order valence-electron chi connectivity index (χ1n) is 5.63. The standard InChI is InChI=1S/C11H18N4O/c1-8(9-5-12-6-9)11(16)14-7-10-13-3-4-15(10)2/h3-4,8-9,12H,5-7H2,1-2H3,(H,14,16). The number of aromatic nitrogens is 2. The summed E-state index contributed by atoms with van der Waals surface area (Å²) in [7, 11) is 1.92. The number of hydrogen-bond acceptors (Lipinski definition) is 3. The number of carbonyl (C=O) groups excluding carboxylic acids is 1. The van der Waals surface area contributed by atoms with Crippen LogP contribution in [-0.4, -0.2) is 28.5 Å². The largest absolute Gasteiger partial charge is 0.349 e. The van der Waals surface area contributed by atoms with Crippen LogP contribution in [0.15, 0.2) is 12.4 Å². The number of hydrogen-bond donors (Lipinski definition) is 2. The summed E-state index contributed by atoms with van der Waals surface area (Å²) in [4.78, 5) is 16.0. The maximum Gasteiger partial charge on any atom is 0.223 e. The molecule has 2 N–H and O–H groups in total. The molecule has 0 spiro atoms. The molecule has 1 atom stereocenters. The van der Waals surface area contributed by atoms with Crippen molar-refractivity contribution >= 4 is 5.91 Å². The highest BCUT2D eigenvalue weighted by Crippen LogP contribution is 2.15. The molecule has 88 valence electrons. The van der Waals surface area contributed by atoms with Crippen molar-refractivity contribution in [3.8, 4) is 0 Å². The quantitative estimate of drug-likeness (QED) is 0.747. The van der Waals surface area contributed by atoms with E-state index >= 15 is 0 Å². The summed E-state index contributed by atoms with van der Waals surface area (Å²) in [5, 5.41) is 6.10. The molecule has 1 aromatic rings. The van der Waals surface area contributed by atoms with Gasteiger partial charge < -0.3 is 15.2 Å². The van der Waals surface area contributed by atoms with E-state index in [1.54, 1.807) is 6.20 Å². The summed E-state index contributed by atoms with van der Waals surface area (Å²) in [5.41, 5.74) is 0. The van der Waals surface area contributed by atoms with Gasteiger partial charge in [-0.3, -0.25) is 4.79 Å². The van der Waals surface area contributed by atoms with E-state index in [2.05, 4.69) is 15.6 Å². The lowest BCUT2D eigenvalue weighted by Crippen LogP contribution is -2.49. The SMILES string of the molecule is CC(C(=O)NCc1nccn1C)C1CNC1. The van der Waals surface area contributed by atoms with Crippen molar-refractivity contribution in [1.82, 2.24) is 20.2 Å². The molecule has 5 heteroatoms. The molecule has 1 aliphatic heterocycles. The Morgan fingerprint density at radius 1 is 1.75 bits per heavy atom. The van der Waals surface area contributed by atoms with E-state index in [0.717, 1.165) is 18.9 Å². The van der Waals surface area contributed by atoms with Gasteiger partial charge in [0.2, 0.25) is 5.91 Å². The molecule has 1 fully saturated rings. The highest BCUT2D eigenvalue weighted by Gasteiger charge is 2.28. The third-order valence-electron chi connectivity index (χ3n) is 3.28. The minimum absolute atomic E-state index is 0.0847. The number of carbonyl (C=O) groups is 1. The fourth-order valence-electron chi connectivity index (χ4n) is 1.77. The molecule has 5 nitrogen and oxygen atoms in total. The monoisotopic (exact) mass is 222 g/mol. The first-order valence-corrected chi connectivity index (χ1v) is 5.63. The van der Waals surface area contributed by atoms with Gasteiger partial charge in [-0.1, -0.05) is 6.92 Å². The summed E-state index contributed by atoms with van der Waals surface area (Å²) in [6.07, 6.45) is 3.61. The minimum Gasteiger partial charge on any atom is -0.349 e. The smallest absolute Gasteiger partial charge is 0.223 e. The van der Waals surface area contributed by atoms with Gasteiger partial charge >= 0.3 is 0 Å². The first kappa shape index (κ1) is 11.1. The van der Waals surface area contributed by atoms with Crippen LogP contribution in [-0.2, 0) is 18.4 Å². The minimum atomic E-state index is 0.0847. The summed E-state index contributed by atoms with van der Waals surface area (Å²) in [5.74, 6) is 1.57. The molecule has 0 saturated carbocycles. The van der Waals surface area contributed by atoms with E-state index in [-0.39, 0.29) is 11.8 Å². The third-order valence-corrected chi connectivity index (χ3v) is 3.28. The van der Waals surface area contributed by atoms with Gasteiger partial charge in [-0.05, 0) is 19.0 Å². The maximum atomic E-state index is 11.8. The second kappa shape index (κ2) is 4.65. The predicted molar refractivity (Wildman–Crippen MR) is 60.6 cm³/mol. The second-order valence-corrected chi connectivity index (χ2v) is 4.38. The molecule has 1 aromatic heterocycles. The molecule has 0 bridgehead atoms. The Bertz CT molecular complexity index is 370. The van der Waals surface area contributed by atoms with Gasteiger partial charge in [0.05, 0.1) is 6.54 Å². The Labute approximate surface area is 95.2 Å². The zero-order valence-corrected chi connectivity index (χ0v) is 9.73. The fraction of sp³-hybridized carbons (Fsp3) is 0.636. The van der Waals surface area contributed by atoms with Crippen LogP contribution in [0.1, 0.15) is 12.7 Å². The number of nitrogens with one attached hydrogen (secondary N) is 2. The summed E-state index contributed by atoms with van der Waals surface area (Å²) in [6.45, 7) is 4.40. The topological polar surface area (TPSA) is 59.0 Å². The van der Waals surface area contributed by atoms with Crippen LogP contribution in [0.3, 0.4) is 0 Å². The Balaban J connectivity index is 1.81. The van der Waals surface area contributed by atoms with Crippen molar-refractivity contribution in [3.63, 3.8) is 0 Å². The molecule has 2 rings (SSSR count). The summed E-state index contributed by atoms with van der Waals surface area (Å²) >= 11 is 0. The molecule has 1 aliphatic rings. The van der Waals surface area contributed by atoms with Crippen molar-refractivity contribution < 1.29 is 4.79 Å². The summed E-state index contributed by atoms with van der Waals surface area (Å²) in [6, 6.07) is 0. The lowest BCUT2D eigenvalue weighted by molar-refractivity contribution is -0.126. The average molecular weight is 222 g/mol. The van der Waals surface area contributed by atoms with Crippen molar-refractivity contribution in [1.29, 1.82) is 0 Å². The van der Waals surface area contributed by atoms with Crippen LogP contribution in [0.2, 0.25) is 0 Å². The molecule has 2 heterocycles. The lowest BCUT2D eigenvalue weighted by atomic mass is 9.88. The van der Waals surface area contributed by atoms with E-state index in [1.165, 1.54) is 0 Å². The molecule has 0 aromatic carbocycles. The molecule has 0 aliphatic carbocycles. The molecular weight excluding hydrogens is 204 g/mol. The van der Waals surface area contributed by atoms with Crippen molar-refractivity contribution in [2.24, 2.45) is 18.9 Å². The molecule has 16 heavy (non-hydrogen) atoms. The van der Waals surface area contributed by atoms with Crippen LogP contribution in [0.5, 0.6) is 0 Å². The number of imidazole rings is 1. The zero-order valence-electron chi connectivity index (χ0n) is 9.73. The van der Waals surface area contributed by atoms with Crippen molar-refractivity contribution in [3.05, 3.63) is 18.2 Å². The van der Waals surface area contributed by atoms with Crippen LogP contribution in [0, 0.1) is 11.8 Å². The number of amides is 1. The van der Waals surface area contributed by atoms with E-state index < -0.39 is 0 Å². The van der Waals surface area contributed by atoms with Crippen LogP contribution < -0.4 is 10.6 Å². The van der Waals surface area contributed by atoms with Crippen LogP contribution in [0.4, 0.5) is 0 Å². The first-order chi connectivity index (χ1) is 7.68. The molecule has 1 saturated heterocycles. The summed E-state index contributed by atoms with van der Waals surface area (Å²) < 4.78 is 1.91. The number of rotatable bonds is 4. The lowest BCUT2D eigenvalue weighted by Gasteiger charge is -2.31. The van der Waals surface area contributed by atoms with E-state index in [1.807, 2.05) is 24.7 Å². The zero-order chi connectivity index (χ0) is 11.5. The van der Waals surface area contributed by atoms with E-state index in [9.17, 15) is 4.79 Å². The van der Waals surface area contributed by atoms with Gasteiger partial charge in [0.15, 0.2) is 0 Å². The molecule has 1 unspecified atom stereocenters. The Hall–Kier alpha value is -1.36. The number of nitrogens with zero attached hydrogens (tertiary/aromatic N) is 2. The van der Waals surface area contributed by atoms with Gasteiger partial charge in [0, 0.05) is 25.4 Å². The van der Waals surface area contributed by atoms with Gasteiger partial charge in [-0.15, -0.1) is 0 Å². The van der Waals surface area contributed by atoms with E-state index in [4.69, 9.17) is 0 Å². The second-order valence-electron chi connectivity index (χ2n) is 4.38. The van der Waals surface area contributed by atoms with Crippen molar-refractivity contribution in [2.45, 2.75) is 13.5 Å². The van der Waals surface area contributed by atoms with Gasteiger partial charge in [0.25, 0.3) is 0 Å². The molecule has 0 radical (unpaired) electrons. The van der Waals surface area contributed by atoms with Crippen LogP contribution >= 0.6 is 0 Å². The molecular formula is C11H18N4O. The maximum absolute atomic E-state index is 11.8. The third kappa shape index (κ3) is 2.24. The molecule has 1 amide bonds. The normalized spacial score (nSPS) is 17.9. The van der Waals surface area contributed by atoms with Crippen molar-refractivity contribution in [2.75, 3.05) is 13.1 Å². The van der Waals surface area contributed by atoms with E-state index in [0.29, 0.717) is 12.5 Å². The van der Waals surface area contributed by atoms with Crippen LogP contribution in [0.25, 0.3) is 0 Å². The Morgan fingerprint density at radius 2 is 2.50 bits per heavy atom. The predicted octanol–water partition coefficient (Wildman–Crippen LogP) is -0.108. The van der Waals surface area contributed by atoms with Gasteiger partial charge in [-0.2, -0.15) is 0 Å². The highest BCUT2D eigenvalue weighted by molar-refractivity contribution is 5.78. The average Bonchev–Trinajstić information content (AvgIpc) is 2.57. The Morgan fingerprint density at radius 3 is 3.00 bits per heavy atom. The number of aryl methyl sites for hydroxylation is 1. The van der Waals surface area contributed by atoms with Gasteiger partial charge in [-0.25, -0.2) is 4.98 Å². The fourth-order valence-corrected chi connectivity index (χ4v) is 1.77.